The van der Waals surface area contributed by atoms with Crippen molar-refractivity contribution in [3.05, 3.63) is 59.7 Å². The molecule has 1 saturated heterocycles. The van der Waals surface area contributed by atoms with Crippen LogP contribution in [0.1, 0.15) is 17.5 Å². The highest BCUT2D eigenvalue weighted by Gasteiger charge is 2.25. The standard InChI is InChI=1S/C23H31N3O3S3/c1-18-6-8-21(9-7-18)32(28,29)25-22(10-13-30-2)23(27)24-20-5-3-4-19(16-20)17-26-11-14-31-15-12-26/h3-9,16,22,25H,10-15,17H2,1-2H3,(H,24,27). The zero-order chi connectivity index (χ0) is 23.0. The van der Waals surface area contributed by atoms with Gasteiger partial charge in [0.1, 0.15) is 6.04 Å². The number of carbonyl (C=O) groups is 1. The van der Waals surface area contributed by atoms with Crippen LogP contribution in [0.2, 0.25) is 0 Å². The average Bonchev–Trinajstić information content (AvgIpc) is 2.78. The lowest BCUT2D eigenvalue weighted by molar-refractivity contribution is -0.117. The average molecular weight is 494 g/mol. The second-order valence-electron chi connectivity index (χ2n) is 7.85. The number of thioether (sulfide) groups is 2. The number of rotatable bonds is 10. The molecule has 1 heterocycles. The van der Waals surface area contributed by atoms with Gasteiger partial charge in [0.05, 0.1) is 4.90 Å². The predicted octanol–water partition coefficient (Wildman–Crippen LogP) is 3.58. The van der Waals surface area contributed by atoms with Gasteiger partial charge in [-0.05, 0) is 55.2 Å². The minimum atomic E-state index is -3.80. The van der Waals surface area contributed by atoms with Gasteiger partial charge in [-0.1, -0.05) is 29.8 Å². The SMILES string of the molecule is CSCCC(NS(=O)(=O)c1ccc(C)cc1)C(=O)Nc1cccc(CN2CCSCC2)c1. The summed E-state index contributed by atoms with van der Waals surface area (Å²) in [6.45, 7) is 4.88. The fraction of sp³-hybridized carbons (Fsp3) is 0.435. The summed E-state index contributed by atoms with van der Waals surface area (Å²) in [7, 11) is -3.80. The van der Waals surface area contributed by atoms with Gasteiger partial charge in [0.15, 0.2) is 0 Å². The first kappa shape index (κ1) is 25.1. The first-order chi connectivity index (χ1) is 15.4. The van der Waals surface area contributed by atoms with Crippen molar-refractivity contribution in [1.29, 1.82) is 0 Å². The van der Waals surface area contributed by atoms with E-state index in [0.717, 1.165) is 42.3 Å². The molecule has 2 N–H and O–H groups in total. The number of hydrogen-bond donors (Lipinski definition) is 2. The zero-order valence-corrected chi connectivity index (χ0v) is 21.0. The van der Waals surface area contributed by atoms with Gasteiger partial charge in [0.2, 0.25) is 15.9 Å². The van der Waals surface area contributed by atoms with Crippen molar-refractivity contribution in [2.45, 2.75) is 30.8 Å². The van der Waals surface area contributed by atoms with Crippen LogP contribution in [0.15, 0.2) is 53.4 Å². The largest absolute Gasteiger partial charge is 0.325 e. The number of sulfonamides is 1. The van der Waals surface area contributed by atoms with Crippen LogP contribution in [0.4, 0.5) is 5.69 Å². The van der Waals surface area contributed by atoms with Gasteiger partial charge in [0, 0.05) is 36.8 Å². The van der Waals surface area contributed by atoms with Crippen molar-refractivity contribution in [3.63, 3.8) is 0 Å². The molecule has 174 valence electrons. The molecule has 6 nitrogen and oxygen atoms in total. The van der Waals surface area contributed by atoms with Crippen LogP contribution in [0, 0.1) is 6.92 Å². The number of benzene rings is 2. The molecule has 0 bridgehead atoms. The first-order valence-corrected chi connectivity index (χ1v) is 14.7. The summed E-state index contributed by atoms with van der Waals surface area (Å²) in [4.78, 5) is 15.6. The molecule has 1 aliphatic rings. The molecule has 0 spiro atoms. The monoisotopic (exact) mass is 493 g/mol. The predicted molar refractivity (Wildman–Crippen MR) is 136 cm³/mol. The number of nitrogens with one attached hydrogen (secondary N) is 2. The van der Waals surface area contributed by atoms with E-state index in [0.29, 0.717) is 17.9 Å². The van der Waals surface area contributed by atoms with E-state index in [4.69, 9.17) is 0 Å². The second kappa shape index (κ2) is 12.1. The molecule has 1 unspecified atom stereocenters. The Hall–Kier alpha value is -1.52. The van der Waals surface area contributed by atoms with Gasteiger partial charge in [-0.2, -0.15) is 28.2 Å². The molecule has 32 heavy (non-hydrogen) atoms. The Labute approximate surface area is 200 Å². The van der Waals surface area contributed by atoms with Crippen LogP contribution in [-0.4, -0.2) is 61.9 Å². The molecule has 1 atom stereocenters. The van der Waals surface area contributed by atoms with Crippen LogP contribution in [0.25, 0.3) is 0 Å². The van der Waals surface area contributed by atoms with Crippen LogP contribution < -0.4 is 10.0 Å². The molecule has 9 heteroatoms. The van der Waals surface area contributed by atoms with Gasteiger partial charge in [-0.15, -0.1) is 0 Å². The molecule has 0 radical (unpaired) electrons. The highest BCUT2D eigenvalue weighted by atomic mass is 32.2. The topological polar surface area (TPSA) is 78.5 Å². The number of aryl methyl sites for hydroxylation is 1. The van der Waals surface area contributed by atoms with Gasteiger partial charge in [-0.3, -0.25) is 9.69 Å². The van der Waals surface area contributed by atoms with Gasteiger partial charge in [-0.25, -0.2) is 8.42 Å². The Bertz CT molecular complexity index is 991. The molecule has 0 aliphatic carbocycles. The van der Waals surface area contributed by atoms with Crippen molar-refractivity contribution in [3.8, 4) is 0 Å². The van der Waals surface area contributed by atoms with Gasteiger partial charge in [0.25, 0.3) is 0 Å². The maximum Gasteiger partial charge on any atom is 0.242 e. The number of anilines is 1. The molecular formula is C23H31N3O3S3. The normalized spacial score (nSPS) is 15.9. The van der Waals surface area contributed by atoms with Crippen molar-refractivity contribution in [1.82, 2.24) is 9.62 Å². The minimum Gasteiger partial charge on any atom is -0.325 e. The molecule has 1 fully saturated rings. The minimum absolute atomic E-state index is 0.159. The molecule has 0 saturated carbocycles. The number of carbonyl (C=O) groups excluding carboxylic acids is 1. The molecule has 2 aromatic carbocycles. The third-order valence-electron chi connectivity index (χ3n) is 5.26. The van der Waals surface area contributed by atoms with E-state index in [1.165, 1.54) is 0 Å². The number of hydrogen-bond acceptors (Lipinski definition) is 6. The molecular weight excluding hydrogens is 462 g/mol. The fourth-order valence-corrected chi connectivity index (χ4v) is 6.13. The van der Waals surface area contributed by atoms with E-state index in [2.05, 4.69) is 21.0 Å². The van der Waals surface area contributed by atoms with Gasteiger partial charge >= 0.3 is 0 Å². The maximum atomic E-state index is 13.0. The fourth-order valence-electron chi connectivity index (χ4n) is 3.45. The summed E-state index contributed by atoms with van der Waals surface area (Å²) >= 11 is 3.55. The Kier molecular flexibility index (Phi) is 9.48. The van der Waals surface area contributed by atoms with Crippen LogP contribution >= 0.6 is 23.5 Å². The second-order valence-corrected chi connectivity index (χ2v) is 11.8. The third kappa shape index (κ3) is 7.52. The Balaban J connectivity index is 1.69. The van der Waals surface area contributed by atoms with Crippen LogP contribution in [0.3, 0.4) is 0 Å². The zero-order valence-electron chi connectivity index (χ0n) is 18.5. The van der Waals surface area contributed by atoms with Gasteiger partial charge < -0.3 is 5.32 Å². The van der Waals surface area contributed by atoms with Crippen LogP contribution in [0.5, 0.6) is 0 Å². The van der Waals surface area contributed by atoms with E-state index in [9.17, 15) is 13.2 Å². The van der Waals surface area contributed by atoms with Crippen LogP contribution in [-0.2, 0) is 21.4 Å². The lowest BCUT2D eigenvalue weighted by atomic mass is 10.1. The van der Waals surface area contributed by atoms with E-state index in [1.807, 2.05) is 43.1 Å². The number of amides is 1. The van der Waals surface area contributed by atoms with E-state index in [-0.39, 0.29) is 10.8 Å². The quantitative estimate of drug-likeness (QED) is 0.527. The third-order valence-corrected chi connectivity index (χ3v) is 8.33. The lowest BCUT2D eigenvalue weighted by Crippen LogP contribution is -2.44. The molecule has 1 amide bonds. The highest BCUT2D eigenvalue weighted by Crippen LogP contribution is 2.18. The van der Waals surface area contributed by atoms with Crippen molar-refractivity contribution >= 4 is 45.1 Å². The maximum absolute atomic E-state index is 13.0. The smallest absolute Gasteiger partial charge is 0.242 e. The summed E-state index contributed by atoms with van der Waals surface area (Å²) in [6, 6.07) is 13.6. The molecule has 0 aromatic heterocycles. The summed E-state index contributed by atoms with van der Waals surface area (Å²) in [6.07, 6.45) is 2.34. The van der Waals surface area contributed by atoms with E-state index < -0.39 is 16.1 Å². The Morgan fingerprint density at radius 2 is 1.88 bits per heavy atom. The summed E-state index contributed by atoms with van der Waals surface area (Å²) < 4.78 is 28.3. The Morgan fingerprint density at radius 3 is 2.56 bits per heavy atom. The lowest BCUT2D eigenvalue weighted by Gasteiger charge is -2.26. The molecule has 1 aliphatic heterocycles. The summed E-state index contributed by atoms with van der Waals surface area (Å²) in [5.41, 5.74) is 2.79. The molecule has 2 aromatic rings. The summed E-state index contributed by atoms with van der Waals surface area (Å²) in [5, 5.41) is 2.91. The highest BCUT2D eigenvalue weighted by molar-refractivity contribution is 7.99. The summed E-state index contributed by atoms with van der Waals surface area (Å²) in [5.74, 6) is 2.62. The van der Waals surface area contributed by atoms with Crippen molar-refractivity contribution in [2.24, 2.45) is 0 Å². The van der Waals surface area contributed by atoms with E-state index >= 15 is 0 Å². The van der Waals surface area contributed by atoms with Crippen molar-refractivity contribution < 1.29 is 13.2 Å². The number of nitrogens with zero attached hydrogens (tertiary/aromatic N) is 1. The first-order valence-electron chi connectivity index (χ1n) is 10.7. The van der Waals surface area contributed by atoms with Crippen molar-refractivity contribution in [2.75, 3.05) is 41.9 Å². The van der Waals surface area contributed by atoms with E-state index in [1.54, 1.807) is 36.0 Å². The Morgan fingerprint density at radius 1 is 1.16 bits per heavy atom. The molecule has 3 rings (SSSR count).